The Morgan fingerprint density at radius 1 is 1.36 bits per heavy atom. The van der Waals surface area contributed by atoms with Crippen molar-refractivity contribution in [1.82, 2.24) is 20.4 Å². The van der Waals surface area contributed by atoms with E-state index in [9.17, 15) is 4.79 Å². The zero-order valence-electron chi connectivity index (χ0n) is 15.6. The van der Waals surface area contributed by atoms with Crippen molar-refractivity contribution < 1.29 is 14.1 Å². The summed E-state index contributed by atoms with van der Waals surface area (Å²) in [5.41, 5.74) is 1.16. The van der Waals surface area contributed by atoms with E-state index in [2.05, 4.69) is 15.5 Å². The average Bonchev–Trinajstić information content (AvgIpc) is 3.49. The van der Waals surface area contributed by atoms with Gasteiger partial charge in [-0.1, -0.05) is 23.4 Å². The zero-order valence-corrected chi connectivity index (χ0v) is 16.4. The van der Waals surface area contributed by atoms with E-state index in [1.807, 2.05) is 46.7 Å². The van der Waals surface area contributed by atoms with Crippen LogP contribution < -0.4 is 10.1 Å². The van der Waals surface area contributed by atoms with E-state index in [4.69, 9.17) is 9.26 Å². The summed E-state index contributed by atoms with van der Waals surface area (Å²) in [4.78, 5) is 19.7. The summed E-state index contributed by atoms with van der Waals surface area (Å²) in [7, 11) is 1.65. The molecule has 7 nitrogen and oxygen atoms in total. The third-order valence-corrected chi connectivity index (χ3v) is 5.72. The van der Waals surface area contributed by atoms with Gasteiger partial charge in [0.05, 0.1) is 12.0 Å². The molecule has 8 heteroatoms. The fourth-order valence-corrected chi connectivity index (χ4v) is 3.92. The van der Waals surface area contributed by atoms with Crippen LogP contribution in [0.4, 0.5) is 4.79 Å². The van der Waals surface area contributed by atoms with Crippen LogP contribution in [0.2, 0.25) is 0 Å². The van der Waals surface area contributed by atoms with Gasteiger partial charge >= 0.3 is 6.03 Å². The van der Waals surface area contributed by atoms with Gasteiger partial charge < -0.3 is 19.5 Å². The van der Waals surface area contributed by atoms with Crippen LogP contribution in [-0.2, 0) is 6.42 Å². The number of likely N-dealkylation sites (tertiary alicyclic amines) is 1. The Kier molecular flexibility index (Phi) is 5.57. The van der Waals surface area contributed by atoms with Crippen LogP contribution in [0.5, 0.6) is 5.75 Å². The standard InChI is InChI=1S/C20H22N4O3S/c1-26-16-6-4-14(5-7-16)8-10-21-20(25)24-11-9-15(13-24)18-22-19(27-23-18)17-3-2-12-28-17/h2-7,12,15H,8-11,13H2,1H3,(H,21,25)/t15-/m0/s1. The summed E-state index contributed by atoms with van der Waals surface area (Å²) in [5.74, 6) is 2.17. The number of methoxy groups -OCH3 is 1. The van der Waals surface area contributed by atoms with Crippen molar-refractivity contribution in [3.8, 4) is 16.5 Å². The number of carbonyl (C=O) groups is 1. The monoisotopic (exact) mass is 398 g/mol. The van der Waals surface area contributed by atoms with Gasteiger partial charge in [-0.05, 0) is 42.0 Å². The predicted octanol–water partition coefficient (Wildman–Crippen LogP) is 3.55. The number of nitrogens with zero attached hydrogens (tertiary/aromatic N) is 3. The number of amides is 2. The SMILES string of the molecule is COc1ccc(CCNC(=O)N2CC[C@H](c3noc(-c4cccs4)n3)C2)cc1. The molecule has 0 radical (unpaired) electrons. The molecule has 2 amide bonds. The lowest BCUT2D eigenvalue weighted by Gasteiger charge is -2.16. The second-order valence-electron chi connectivity index (χ2n) is 6.70. The number of hydrogen-bond donors (Lipinski definition) is 1. The summed E-state index contributed by atoms with van der Waals surface area (Å²) >= 11 is 1.57. The molecule has 28 heavy (non-hydrogen) atoms. The first-order chi connectivity index (χ1) is 13.7. The van der Waals surface area contributed by atoms with Crippen LogP contribution in [0.1, 0.15) is 23.7 Å². The molecule has 0 bridgehead atoms. The molecule has 1 fully saturated rings. The molecular formula is C20H22N4O3S. The summed E-state index contributed by atoms with van der Waals surface area (Å²) < 4.78 is 10.5. The van der Waals surface area contributed by atoms with E-state index in [1.165, 1.54) is 0 Å². The number of nitrogens with one attached hydrogen (secondary N) is 1. The van der Waals surface area contributed by atoms with Crippen molar-refractivity contribution in [3.05, 3.63) is 53.2 Å². The van der Waals surface area contributed by atoms with Gasteiger partial charge in [-0.3, -0.25) is 0 Å². The molecule has 3 aromatic rings. The molecular weight excluding hydrogens is 376 g/mol. The summed E-state index contributed by atoms with van der Waals surface area (Å²) in [6.07, 6.45) is 1.62. The van der Waals surface area contributed by atoms with Crippen molar-refractivity contribution >= 4 is 17.4 Å². The van der Waals surface area contributed by atoms with Crippen molar-refractivity contribution in [2.45, 2.75) is 18.8 Å². The van der Waals surface area contributed by atoms with Gasteiger partial charge in [-0.25, -0.2) is 4.79 Å². The molecule has 3 heterocycles. The Morgan fingerprint density at radius 3 is 2.96 bits per heavy atom. The molecule has 1 N–H and O–H groups in total. The molecule has 0 aliphatic carbocycles. The van der Waals surface area contributed by atoms with Crippen LogP contribution in [-0.4, -0.2) is 47.8 Å². The lowest BCUT2D eigenvalue weighted by atomic mass is 10.1. The normalized spacial score (nSPS) is 16.3. The fourth-order valence-electron chi connectivity index (χ4n) is 3.27. The highest BCUT2D eigenvalue weighted by molar-refractivity contribution is 7.13. The minimum absolute atomic E-state index is 0.0435. The Hall–Kier alpha value is -2.87. The van der Waals surface area contributed by atoms with E-state index in [0.29, 0.717) is 31.3 Å². The van der Waals surface area contributed by atoms with Crippen molar-refractivity contribution in [1.29, 1.82) is 0 Å². The van der Waals surface area contributed by atoms with Gasteiger partial charge in [0.1, 0.15) is 5.75 Å². The average molecular weight is 398 g/mol. The van der Waals surface area contributed by atoms with Gasteiger partial charge in [0.25, 0.3) is 5.89 Å². The first-order valence-electron chi connectivity index (χ1n) is 9.26. The van der Waals surface area contributed by atoms with E-state index >= 15 is 0 Å². The largest absolute Gasteiger partial charge is 0.497 e. The summed E-state index contributed by atoms with van der Waals surface area (Å²) in [6, 6.07) is 11.8. The van der Waals surface area contributed by atoms with Crippen molar-refractivity contribution in [2.24, 2.45) is 0 Å². The number of rotatable bonds is 6. The van der Waals surface area contributed by atoms with Crippen LogP contribution in [0.15, 0.2) is 46.3 Å². The Bertz CT molecular complexity index is 908. The highest BCUT2D eigenvalue weighted by Gasteiger charge is 2.30. The van der Waals surface area contributed by atoms with Crippen LogP contribution in [0.25, 0.3) is 10.8 Å². The number of carbonyl (C=O) groups excluding carboxylic acids is 1. The zero-order chi connectivity index (χ0) is 19.3. The van der Waals surface area contributed by atoms with Gasteiger partial charge in [-0.15, -0.1) is 11.3 Å². The number of thiophene rings is 1. The number of ether oxygens (including phenoxy) is 1. The molecule has 0 unspecified atom stereocenters. The maximum absolute atomic E-state index is 12.4. The number of benzene rings is 1. The summed E-state index contributed by atoms with van der Waals surface area (Å²) in [5, 5.41) is 9.09. The third kappa shape index (κ3) is 4.17. The topological polar surface area (TPSA) is 80.5 Å². The van der Waals surface area contributed by atoms with E-state index < -0.39 is 0 Å². The first-order valence-corrected chi connectivity index (χ1v) is 10.1. The Labute approximate surface area is 167 Å². The van der Waals surface area contributed by atoms with E-state index in [0.717, 1.165) is 29.0 Å². The molecule has 1 aliphatic rings. The van der Waals surface area contributed by atoms with Gasteiger partial charge in [0.2, 0.25) is 0 Å². The summed E-state index contributed by atoms with van der Waals surface area (Å²) in [6.45, 7) is 1.90. The molecule has 2 aromatic heterocycles. The third-order valence-electron chi connectivity index (χ3n) is 4.86. The number of urea groups is 1. The maximum atomic E-state index is 12.4. The fraction of sp³-hybridized carbons (Fsp3) is 0.350. The number of aromatic nitrogens is 2. The predicted molar refractivity (Wildman–Crippen MR) is 107 cm³/mol. The smallest absolute Gasteiger partial charge is 0.317 e. The van der Waals surface area contributed by atoms with E-state index in [-0.39, 0.29) is 11.9 Å². The quantitative estimate of drug-likeness (QED) is 0.687. The minimum atomic E-state index is -0.0435. The number of hydrogen-bond acceptors (Lipinski definition) is 6. The first kappa shape index (κ1) is 18.5. The van der Waals surface area contributed by atoms with Crippen molar-refractivity contribution in [3.63, 3.8) is 0 Å². The van der Waals surface area contributed by atoms with Gasteiger partial charge in [0.15, 0.2) is 5.82 Å². The minimum Gasteiger partial charge on any atom is -0.497 e. The van der Waals surface area contributed by atoms with Crippen LogP contribution in [0, 0.1) is 0 Å². The highest BCUT2D eigenvalue weighted by atomic mass is 32.1. The molecule has 1 saturated heterocycles. The lowest BCUT2D eigenvalue weighted by Crippen LogP contribution is -2.39. The second-order valence-corrected chi connectivity index (χ2v) is 7.64. The molecule has 146 valence electrons. The van der Waals surface area contributed by atoms with Gasteiger partial charge in [0, 0.05) is 25.6 Å². The highest BCUT2D eigenvalue weighted by Crippen LogP contribution is 2.28. The lowest BCUT2D eigenvalue weighted by molar-refractivity contribution is 0.208. The van der Waals surface area contributed by atoms with Crippen LogP contribution >= 0.6 is 11.3 Å². The van der Waals surface area contributed by atoms with Crippen molar-refractivity contribution in [2.75, 3.05) is 26.7 Å². The maximum Gasteiger partial charge on any atom is 0.317 e. The molecule has 0 spiro atoms. The molecule has 0 saturated carbocycles. The molecule has 4 rings (SSSR count). The Morgan fingerprint density at radius 2 is 2.21 bits per heavy atom. The molecule has 1 aromatic carbocycles. The van der Waals surface area contributed by atoms with Crippen LogP contribution in [0.3, 0.4) is 0 Å². The Balaban J connectivity index is 1.26. The molecule has 1 atom stereocenters. The van der Waals surface area contributed by atoms with E-state index in [1.54, 1.807) is 18.4 Å². The molecule has 1 aliphatic heterocycles. The second kappa shape index (κ2) is 8.43. The van der Waals surface area contributed by atoms with Gasteiger partial charge in [-0.2, -0.15) is 4.98 Å².